The minimum atomic E-state index is -3.88. The summed E-state index contributed by atoms with van der Waals surface area (Å²) < 4.78 is 33.0. The number of nitrogens with two attached hydrogens (primary N) is 1. The number of halogens is 1. The second-order valence-electron chi connectivity index (χ2n) is 2.86. The Morgan fingerprint density at radius 3 is 2.69 bits per heavy atom. The highest BCUT2D eigenvalue weighted by atomic mass is 35.5. The third-order valence-electron chi connectivity index (χ3n) is 1.75. The first-order chi connectivity index (χ1) is 7.51. The van der Waals surface area contributed by atoms with Gasteiger partial charge in [-0.05, 0) is 18.2 Å². The number of ether oxygens (including phenoxy) is 1. The highest BCUT2D eigenvalue weighted by Gasteiger charge is 2.20. The van der Waals surface area contributed by atoms with Crippen molar-refractivity contribution >= 4 is 21.7 Å². The first-order valence-electron chi connectivity index (χ1n) is 4.44. The van der Waals surface area contributed by atoms with Gasteiger partial charge in [-0.25, -0.2) is 0 Å². The number of methoxy groups -OCH3 is 1. The van der Waals surface area contributed by atoms with E-state index in [2.05, 4.69) is 4.18 Å². The SMILES string of the molecule is COc1ccc(Cl)cc1S(=O)(=O)OCCN. The molecule has 5 nitrogen and oxygen atoms in total. The first kappa shape index (κ1) is 13.2. The molecule has 0 aromatic heterocycles. The molecule has 0 amide bonds. The Kier molecular flexibility index (Phi) is 4.55. The topological polar surface area (TPSA) is 78.6 Å². The predicted octanol–water partition coefficient (Wildman–Crippen LogP) is 1.01. The van der Waals surface area contributed by atoms with Gasteiger partial charge in [-0.2, -0.15) is 8.42 Å². The fourth-order valence-electron chi connectivity index (χ4n) is 1.07. The van der Waals surface area contributed by atoms with Crippen molar-refractivity contribution in [1.29, 1.82) is 0 Å². The van der Waals surface area contributed by atoms with E-state index in [0.717, 1.165) is 0 Å². The van der Waals surface area contributed by atoms with Crippen molar-refractivity contribution in [2.24, 2.45) is 5.73 Å². The lowest BCUT2D eigenvalue weighted by Gasteiger charge is -2.09. The van der Waals surface area contributed by atoms with Gasteiger partial charge in [0.1, 0.15) is 10.6 Å². The summed E-state index contributed by atoms with van der Waals surface area (Å²) in [5.41, 5.74) is 5.17. The molecule has 1 aromatic carbocycles. The van der Waals surface area contributed by atoms with E-state index < -0.39 is 10.1 Å². The molecule has 1 rings (SSSR count). The van der Waals surface area contributed by atoms with Crippen molar-refractivity contribution in [2.45, 2.75) is 4.90 Å². The van der Waals surface area contributed by atoms with Crippen LogP contribution < -0.4 is 10.5 Å². The van der Waals surface area contributed by atoms with Crippen molar-refractivity contribution in [3.63, 3.8) is 0 Å². The van der Waals surface area contributed by atoms with E-state index in [1.165, 1.54) is 25.3 Å². The zero-order valence-corrected chi connectivity index (χ0v) is 10.2. The van der Waals surface area contributed by atoms with Crippen LogP contribution in [0.15, 0.2) is 23.1 Å². The largest absolute Gasteiger partial charge is 0.495 e. The molecular formula is C9H12ClNO4S. The smallest absolute Gasteiger partial charge is 0.300 e. The van der Waals surface area contributed by atoms with Crippen LogP contribution in [0.4, 0.5) is 0 Å². The highest BCUT2D eigenvalue weighted by Crippen LogP contribution is 2.28. The summed E-state index contributed by atoms with van der Waals surface area (Å²) in [4.78, 5) is -0.101. The van der Waals surface area contributed by atoms with E-state index in [1.54, 1.807) is 0 Å². The molecule has 0 radical (unpaired) electrons. The standard InChI is InChI=1S/C9H12ClNO4S/c1-14-8-3-2-7(10)6-9(8)16(12,13)15-5-4-11/h2-3,6H,4-5,11H2,1H3. The van der Waals surface area contributed by atoms with Crippen LogP contribution in [-0.2, 0) is 14.3 Å². The number of benzene rings is 1. The molecule has 2 N–H and O–H groups in total. The Morgan fingerprint density at radius 2 is 2.12 bits per heavy atom. The molecule has 0 aliphatic heterocycles. The molecular weight excluding hydrogens is 254 g/mol. The monoisotopic (exact) mass is 265 g/mol. The van der Waals surface area contributed by atoms with Crippen molar-refractivity contribution < 1.29 is 17.3 Å². The average Bonchev–Trinajstić information content (AvgIpc) is 2.26. The molecule has 0 heterocycles. The van der Waals surface area contributed by atoms with Crippen LogP contribution in [0.5, 0.6) is 5.75 Å². The summed E-state index contributed by atoms with van der Waals surface area (Å²) >= 11 is 5.71. The van der Waals surface area contributed by atoms with E-state index in [9.17, 15) is 8.42 Å². The van der Waals surface area contributed by atoms with Gasteiger partial charge in [-0.1, -0.05) is 11.6 Å². The molecule has 0 saturated heterocycles. The molecule has 0 atom stereocenters. The second-order valence-corrected chi connectivity index (χ2v) is 4.88. The Hall–Kier alpha value is -0.820. The maximum absolute atomic E-state index is 11.7. The van der Waals surface area contributed by atoms with Gasteiger partial charge in [0.2, 0.25) is 0 Å². The molecule has 90 valence electrons. The Bertz CT molecular complexity index is 461. The van der Waals surface area contributed by atoms with E-state index in [-0.39, 0.29) is 28.8 Å². The van der Waals surface area contributed by atoms with Gasteiger partial charge in [0, 0.05) is 11.6 Å². The van der Waals surface area contributed by atoms with E-state index in [4.69, 9.17) is 22.1 Å². The number of hydrogen-bond donors (Lipinski definition) is 1. The summed E-state index contributed by atoms with van der Waals surface area (Å²) in [5, 5.41) is 0.288. The lowest BCUT2D eigenvalue weighted by Crippen LogP contribution is -2.14. The average molecular weight is 266 g/mol. The Morgan fingerprint density at radius 1 is 1.44 bits per heavy atom. The lowest BCUT2D eigenvalue weighted by molar-refractivity contribution is 0.323. The van der Waals surface area contributed by atoms with Gasteiger partial charge in [0.25, 0.3) is 0 Å². The van der Waals surface area contributed by atoms with Crippen LogP contribution in [0.2, 0.25) is 5.02 Å². The summed E-state index contributed by atoms with van der Waals surface area (Å²) in [6.07, 6.45) is 0. The molecule has 0 fully saturated rings. The van der Waals surface area contributed by atoms with Crippen LogP contribution in [0.3, 0.4) is 0 Å². The maximum atomic E-state index is 11.7. The quantitative estimate of drug-likeness (QED) is 0.804. The summed E-state index contributed by atoms with van der Waals surface area (Å²) in [6.45, 7) is 0.0279. The summed E-state index contributed by atoms with van der Waals surface area (Å²) in [6, 6.07) is 4.26. The third-order valence-corrected chi connectivity index (χ3v) is 3.32. The number of rotatable bonds is 5. The van der Waals surface area contributed by atoms with Crippen molar-refractivity contribution in [2.75, 3.05) is 20.3 Å². The van der Waals surface area contributed by atoms with Crippen molar-refractivity contribution in [3.8, 4) is 5.75 Å². The van der Waals surface area contributed by atoms with Crippen LogP contribution in [0.25, 0.3) is 0 Å². The van der Waals surface area contributed by atoms with Gasteiger partial charge in [0.15, 0.2) is 0 Å². The predicted molar refractivity (Wildman–Crippen MR) is 60.2 cm³/mol. The van der Waals surface area contributed by atoms with Gasteiger partial charge in [0.05, 0.1) is 13.7 Å². The zero-order chi connectivity index (χ0) is 12.2. The maximum Gasteiger partial charge on any atom is 0.300 e. The molecule has 1 aromatic rings. The van der Waals surface area contributed by atoms with Crippen LogP contribution in [0.1, 0.15) is 0 Å². The molecule has 0 bridgehead atoms. The third kappa shape index (κ3) is 3.08. The molecule has 0 unspecified atom stereocenters. The zero-order valence-electron chi connectivity index (χ0n) is 8.64. The van der Waals surface area contributed by atoms with Gasteiger partial charge in [-0.15, -0.1) is 0 Å². The highest BCUT2D eigenvalue weighted by molar-refractivity contribution is 7.86. The van der Waals surface area contributed by atoms with E-state index in [0.29, 0.717) is 0 Å². The first-order valence-corrected chi connectivity index (χ1v) is 6.23. The van der Waals surface area contributed by atoms with E-state index in [1.807, 2.05) is 0 Å². The van der Waals surface area contributed by atoms with Gasteiger partial charge < -0.3 is 10.5 Å². The summed E-state index contributed by atoms with van der Waals surface area (Å²) in [5.74, 6) is 0.182. The second kappa shape index (κ2) is 5.49. The molecule has 16 heavy (non-hydrogen) atoms. The van der Waals surface area contributed by atoms with Crippen LogP contribution in [0, 0.1) is 0 Å². The minimum absolute atomic E-state index is 0.0853. The molecule has 0 saturated carbocycles. The number of hydrogen-bond acceptors (Lipinski definition) is 5. The van der Waals surface area contributed by atoms with Crippen molar-refractivity contribution in [3.05, 3.63) is 23.2 Å². The molecule has 0 aliphatic rings. The molecule has 0 aliphatic carbocycles. The van der Waals surface area contributed by atoms with Crippen molar-refractivity contribution in [1.82, 2.24) is 0 Å². The van der Waals surface area contributed by atoms with Gasteiger partial charge >= 0.3 is 10.1 Å². The summed E-state index contributed by atoms with van der Waals surface area (Å²) in [7, 11) is -2.51. The minimum Gasteiger partial charge on any atom is -0.495 e. The van der Waals surface area contributed by atoms with Crippen LogP contribution >= 0.6 is 11.6 Å². The Balaban J connectivity index is 3.15. The van der Waals surface area contributed by atoms with Crippen LogP contribution in [-0.4, -0.2) is 28.7 Å². The Labute approximate surface area is 99.2 Å². The van der Waals surface area contributed by atoms with E-state index >= 15 is 0 Å². The molecule has 7 heteroatoms. The molecule has 0 spiro atoms. The van der Waals surface area contributed by atoms with Gasteiger partial charge in [-0.3, -0.25) is 4.18 Å². The normalized spacial score (nSPS) is 11.4. The fraction of sp³-hybridized carbons (Fsp3) is 0.333. The fourth-order valence-corrected chi connectivity index (χ4v) is 2.42. The lowest BCUT2D eigenvalue weighted by atomic mass is 10.3.